The number of fused-ring (bicyclic) bond motifs is 1. The van der Waals surface area contributed by atoms with Crippen LogP contribution in [0.15, 0.2) is 83.8 Å². The molecule has 1 aliphatic heterocycles. The average molecular weight is 445 g/mol. The van der Waals surface area contributed by atoms with Crippen LogP contribution >= 0.6 is 11.3 Å². The maximum Gasteiger partial charge on any atom is 0.234 e. The summed E-state index contributed by atoms with van der Waals surface area (Å²) in [5.74, 6) is 0.889. The lowest BCUT2D eigenvalue weighted by Gasteiger charge is -2.23. The third-order valence-electron chi connectivity index (χ3n) is 5.51. The molecule has 6 nitrogen and oxygen atoms in total. The number of para-hydroxylation sites is 1. The van der Waals surface area contributed by atoms with Gasteiger partial charge in [0.1, 0.15) is 11.9 Å². The lowest BCUT2D eigenvalue weighted by molar-refractivity contribution is -0.122. The van der Waals surface area contributed by atoms with Crippen molar-refractivity contribution in [3.05, 3.63) is 101 Å². The van der Waals surface area contributed by atoms with Crippen LogP contribution in [0, 0.1) is 0 Å². The summed E-state index contributed by atoms with van der Waals surface area (Å²) < 4.78 is 8.13. The van der Waals surface area contributed by atoms with Crippen LogP contribution in [-0.4, -0.2) is 33.7 Å². The normalized spacial score (nSPS) is 16.1. The number of nitrogens with zero attached hydrogens (tertiary/aromatic N) is 3. The Morgan fingerprint density at radius 3 is 2.94 bits per heavy atom. The van der Waals surface area contributed by atoms with Gasteiger partial charge in [-0.2, -0.15) is 16.4 Å². The molecular weight excluding hydrogens is 420 g/mol. The van der Waals surface area contributed by atoms with E-state index < -0.39 is 0 Å². The Hall–Kier alpha value is -3.42. The number of thiophene rings is 1. The van der Waals surface area contributed by atoms with Gasteiger partial charge in [0.2, 0.25) is 5.91 Å². The molecule has 0 aliphatic carbocycles. The number of hydrogen-bond acceptors (Lipinski definition) is 5. The van der Waals surface area contributed by atoms with Gasteiger partial charge >= 0.3 is 0 Å². The topological polar surface area (TPSA) is 59.4 Å². The van der Waals surface area contributed by atoms with Crippen LogP contribution in [0.25, 0.3) is 5.69 Å². The molecule has 0 fully saturated rings. The second-order valence-corrected chi connectivity index (χ2v) is 8.62. The molecular formula is C25H24N4O2S. The monoisotopic (exact) mass is 444 g/mol. The standard InChI is InChI=1S/C25H24N4O2S/c30-25(26-14-19-5-3-7-22(13-19)29-11-4-10-27-29)17-28-15-20-6-1-2-8-23(20)31-24(16-28)21-9-12-32-18-21/h1-13,18,24H,14-17H2,(H,26,30)/t24-/m1/s1. The number of hydrogen-bond donors (Lipinski definition) is 1. The molecule has 0 radical (unpaired) electrons. The highest BCUT2D eigenvalue weighted by atomic mass is 32.1. The van der Waals surface area contributed by atoms with Gasteiger partial charge in [0.15, 0.2) is 0 Å². The predicted molar refractivity (Wildman–Crippen MR) is 125 cm³/mol. The minimum absolute atomic E-state index is 0.00191. The smallest absolute Gasteiger partial charge is 0.234 e. The van der Waals surface area contributed by atoms with Gasteiger partial charge in [0.05, 0.1) is 12.2 Å². The highest BCUT2D eigenvalue weighted by Crippen LogP contribution is 2.31. The molecule has 1 amide bonds. The number of nitrogens with one attached hydrogen (secondary N) is 1. The van der Waals surface area contributed by atoms with E-state index in [2.05, 4.69) is 38.2 Å². The van der Waals surface area contributed by atoms with Crippen LogP contribution in [0.2, 0.25) is 0 Å². The molecule has 32 heavy (non-hydrogen) atoms. The van der Waals surface area contributed by atoms with E-state index in [1.165, 1.54) is 0 Å². The van der Waals surface area contributed by atoms with Crippen LogP contribution < -0.4 is 10.1 Å². The maximum atomic E-state index is 12.8. The first-order chi connectivity index (χ1) is 15.7. The van der Waals surface area contributed by atoms with Crippen LogP contribution in [0.5, 0.6) is 5.75 Å². The summed E-state index contributed by atoms with van der Waals surface area (Å²) in [6.45, 7) is 2.13. The van der Waals surface area contributed by atoms with Gasteiger partial charge in [-0.3, -0.25) is 9.69 Å². The molecule has 0 bridgehead atoms. The fourth-order valence-electron chi connectivity index (χ4n) is 3.92. The zero-order chi connectivity index (χ0) is 21.8. The Morgan fingerprint density at radius 1 is 1.16 bits per heavy atom. The van der Waals surface area contributed by atoms with Gasteiger partial charge in [-0.05, 0) is 46.7 Å². The van der Waals surface area contributed by atoms with Crippen molar-refractivity contribution < 1.29 is 9.53 Å². The van der Waals surface area contributed by atoms with E-state index in [4.69, 9.17) is 4.74 Å². The Kier molecular flexibility index (Phi) is 6.00. The first-order valence-electron chi connectivity index (χ1n) is 10.6. The van der Waals surface area contributed by atoms with Gasteiger partial charge in [-0.1, -0.05) is 30.3 Å². The Labute approximate surface area is 191 Å². The quantitative estimate of drug-likeness (QED) is 0.485. The van der Waals surface area contributed by atoms with Crippen molar-refractivity contribution in [3.63, 3.8) is 0 Å². The summed E-state index contributed by atoms with van der Waals surface area (Å²) in [4.78, 5) is 15.0. The number of carbonyl (C=O) groups is 1. The van der Waals surface area contributed by atoms with Gasteiger partial charge < -0.3 is 10.1 Å². The number of rotatable bonds is 6. The van der Waals surface area contributed by atoms with Crippen molar-refractivity contribution in [2.45, 2.75) is 19.2 Å². The summed E-state index contributed by atoms with van der Waals surface area (Å²) >= 11 is 1.66. The molecule has 1 aliphatic rings. The molecule has 0 saturated carbocycles. The highest BCUT2D eigenvalue weighted by Gasteiger charge is 2.25. The van der Waals surface area contributed by atoms with Gasteiger partial charge in [-0.15, -0.1) is 0 Å². The fraction of sp³-hybridized carbons (Fsp3) is 0.200. The molecule has 2 aromatic carbocycles. The SMILES string of the molecule is O=C(CN1Cc2ccccc2O[C@@H](c2ccsc2)C1)NCc1cccc(-n2cccn2)c1. The van der Waals surface area contributed by atoms with E-state index in [9.17, 15) is 4.79 Å². The molecule has 0 unspecified atom stereocenters. The summed E-state index contributed by atoms with van der Waals surface area (Å²) in [5, 5.41) is 11.5. The molecule has 5 rings (SSSR count). The summed E-state index contributed by atoms with van der Waals surface area (Å²) in [7, 11) is 0. The molecule has 0 spiro atoms. The Morgan fingerprint density at radius 2 is 2.09 bits per heavy atom. The largest absolute Gasteiger partial charge is 0.484 e. The summed E-state index contributed by atoms with van der Waals surface area (Å²) in [6, 6.07) is 20.1. The maximum absolute atomic E-state index is 12.8. The van der Waals surface area contributed by atoms with E-state index in [-0.39, 0.29) is 12.0 Å². The number of ether oxygens (including phenoxy) is 1. The van der Waals surface area contributed by atoms with Crippen molar-refractivity contribution in [1.29, 1.82) is 0 Å². The molecule has 2 aromatic heterocycles. The van der Waals surface area contributed by atoms with Gasteiger partial charge in [0, 0.05) is 43.2 Å². The second-order valence-electron chi connectivity index (χ2n) is 7.84. The van der Waals surface area contributed by atoms with E-state index >= 15 is 0 Å². The first kappa shape index (κ1) is 20.5. The average Bonchev–Trinajstić information content (AvgIpc) is 3.51. The molecule has 1 atom stereocenters. The Balaban J connectivity index is 1.25. The molecule has 162 valence electrons. The zero-order valence-corrected chi connectivity index (χ0v) is 18.4. The number of amides is 1. The van der Waals surface area contributed by atoms with E-state index in [0.717, 1.165) is 28.1 Å². The van der Waals surface area contributed by atoms with Crippen molar-refractivity contribution in [1.82, 2.24) is 20.0 Å². The van der Waals surface area contributed by atoms with Gasteiger partial charge in [0.25, 0.3) is 0 Å². The lowest BCUT2D eigenvalue weighted by Crippen LogP contribution is -2.38. The molecule has 0 saturated heterocycles. The van der Waals surface area contributed by atoms with Crippen molar-refractivity contribution in [2.24, 2.45) is 0 Å². The number of benzene rings is 2. The third-order valence-corrected chi connectivity index (χ3v) is 6.21. The van der Waals surface area contributed by atoms with Crippen LogP contribution in [0.3, 0.4) is 0 Å². The number of aromatic nitrogens is 2. The Bertz CT molecular complexity index is 1170. The predicted octanol–water partition coefficient (Wildman–Crippen LogP) is 4.19. The molecule has 7 heteroatoms. The zero-order valence-electron chi connectivity index (χ0n) is 17.6. The van der Waals surface area contributed by atoms with Gasteiger partial charge in [-0.25, -0.2) is 4.68 Å². The minimum Gasteiger partial charge on any atom is -0.484 e. The van der Waals surface area contributed by atoms with Crippen LogP contribution in [-0.2, 0) is 17.9 Å². The second kappa shape index (κ2) is 9.38. The fourth-order valence-corrected chi connectivity index (χ4v) is 4.62. The van der Waals surface area contributed by atoms with Crippen molar-refractivity contribution >= 4 is 17.2 Å². The molecule has 3 heterocycles. The van der Waals surface area contributed by atoms with Crippen LogP contribution in [0.1, 0.15) is 22.8 Å². The number of carbonyl (C=O) groups excluding carboxylic acids is 1. The summed E-state index contributed by atoms with van der Waals surface area (Å²) in [5.41, 5.74) is 4.26. The lowest BCUT2D eigenvalue weighted by atomic mass is 10.2. The van der Waals surface area contributed by atoms with Crippen molar-refractivity contribution in [2.75, 3.05) is 13.1 Å². The minimum atomic E-state index is -0.0940. The van der Waals surface area contributed by atoms with E-state index in [0.29, 0.717) is 26.2 Å². The highest BCUT2D eigenvalue weighted by molar-refractivity contribution is 7.07. The molecule has 1 N–H and O–H groups in total. The summed E-state index contributed by atoms with van der Waals surface area (Å²) in [6.07, 6.45) is 3.56. The first-order valence-corrected chi connectivity index (χ1v) is 11.5. The van der Waals surface area contributed by atoms with E-state index in [1.54, 1.807) is 17.5 Å². The van der Waals surface area contributed by atoms with Crippen molar-refractivity contribution in [3.8, 4) is 11.4 Å². The molecule has 4 aromatic rings. The van der Waals surface area contributed by atoms with E-state index in [1.807, 2.05) is 59.4 Å². The third kappa shape index (κ3) is 4.74. The van der Waals surface area contributed by atoms with Crippen LogP contribution in [0.4, 0.5) is 0 Å².